The first-order valence-corrected chi connectivity index (χ1v) is 10.7. The van der Waals surface area contributed by atoms with Gasteiger partial charge in [-0.15, -0.1) is 0 Å². The molecule has 7 nitrogen and oxygen atoms in total. The number of halogens is 6. The zero-order valence-corrected chi connectivity index (χ0v) is 17.6. The molecule has 0 saturated carbocycles. The molecule has 0 amide bonds. The molecule has 0 bridgehead atoms. The summed E-state index contributed by atoms with van der Waals surface area (Å²) in [6, 6.07) is 4.05. The van der Waals surface area contributed by atoms with Crippen LogP contribution in [0.15, 0.2) is 35.4 Å². The number of alkyl halides is 3. The number of pyridine rings is 1. The molecule has 170 valence electrons. The molecular formula is C17H14Cl2F4N2O5S. The van der Waals surface area contributed by atoms with Crippen molar-refractivity contribution < 1.29 is 40.9 Å². The zero-order valence-electron chi connectivity index (χ0n) is 15.3. The van der Waals surface area contributed by atoms with Crippen molar-refractivity contribution in [1.82, 2.24) is 9.29 Å². The van der Waals surface area contributed by atoms with Gasteiger partial charge in [-0.05, 0) is 18.2 Å². The van der Waals surface area contributed by atoms with Crippen LogP contribution in [0.1, 0.15) is 5.69 Å². The molecule has 2 atom stereocenters. The van der Waals surface area contributed by atoms with Gasteiger partial charge in [0.2, 0.25) is 10.0 Å². The fourth-order valence-electron chi connectivity index (χ4n) is 2.99. The Kier molecular flexibility index (Phi) is 6.44. The van der Waals surface area contributed by atoms with Gasteiger partial charge in [-0.3, -0.25) is 0 Å². The van der Waals surface area contributed by atoms with Crippen LogP contribution in [-0.4, -0.2) is 59.3 Å². The maximum atomic E-state index is 13.8. The quantitative estimate of drug-likeness (QED) is 0.607. The van der Waals surface area contributed by atoms with Crippen molar-refractivity contribution in [3.8, 4) is 5.75 Å². The average Bonchev–Trinajstić information content (AvgIpc) is 2.98. The van der Waals surface area contributed by atoms with Crippen molar-refractivity contribution in [2.75, 3.05) is 19.7 Å². The zero-order chi connectivity index (χ0) is 23.2. The number of aromatic nitrogens is 1. The van der Waals surface area contributed by atoms with E-state index >= 15 is 0 Å². The highest BCUT2D eigenvalue weighted by Gasteiger charge is 2.51. The highest BCUT2D eigenvalue weighted by molar-refractivity contribution is 7.89. The van der Waals surface area contributed by atoms with Gasteiger partial charge in [0.15, 0.2) is 11.5 Å². The molecule has 31 heavy (non-hydrogen) atoms. The number of sulfonamides is 1. The van der Waals surface area contributed by atoms with Crippen LogP contribution in [-0.2, 0) is 16.2 Å². The molecule has 1 aliphatic heterocycles. The number of nitrogens with zero attached hydrogens (tertiary/aromatic N) is 2. The standard InChI is InChI=1S/C17H14Cl2F4N2O5S/c18-9-1-2-13(11(19)3-9)31(28,29)25-6-14(16(27,7-25)8-26)30-10-4-12(20)15(24-5-10)17(21,22)23/h1-5,14,26-27H,6-8H2/t14-,16+/m0/s1. The minimum Gasteiger partial charge on any atom is -0.484 e. The first-order valence-electron chi connectivity index (χ1n) is 8.46. The van der Waals surface area contributed by atoms with Crippen molar-refractivity contribution in [1.29, 1.82) is 0 Å². The number of β-amino-alcohol motifs (C(OH)–C–C–N with tert-alkyl or cyclic N) is 1. The van der Waals surface area contributed by atoms with Crippen LogP contribution < -0.4 is 4.74 Å². The van der Waals surface area contributed by atoms with Crippen molar-refractivity contribution >= 4 is 33.2 Å². The summed E-state index contributed by atoms with van der Waals surface area (Å²) >= 11 is 11.7. The predicted octanol–water partition coefficient (Wildman–Crippen LogP) is 2.72. The third-order valence-electron chi connectivity index (χ3n) is 4.57. The van der Waals surface area contributed by atoms with Gasteiger partial charge >= 0.3 is 6.18 Å². The molecule has 1 aliphatic rings. The molecule has 0 radical (unpaired) electrons. The lowest BCUT2D eigenvalue weighted by Crippen LogP contribution is -2.48. The maximum Gasteiger partial charge on any atom is 0.436 e. The molecule has 1 aromatic carbocycles. The SMILES string of the molecule is O=S(=O)(c1ccc(Cl)cc1Cl)N1C[C@H](Oc2cnc(C(F)(F)F)c(F)c2)[C@](O)(CO)C1. The number of aliphatic hydroxyl groups is 2. The van der Waals surface area contributed by atoms with Gasteiger partial charge < -0.3 is 14.9 Å². The lowest BCUT2D eigenvalue weighted by molar-refractivity contribution is -0.143. The summed E-state index contributed by atoms with van der Waals surface area (Å²) in [4.78, 5) is 2.65. The fraction of sp³-hybridized carbons (Fsp3) is 0.353. The van der Waals surface area contributed by atoms with E-state index in [2.05, 4.69) is 4.98 Å². The van der Waals surface area contributed by atoms with Gasteiger partial charge in [0.25, 0.3) is 0 Å². The number of hydrogen-bond donors (Lipinski definition) is 2. The van der Waals surface area contributed by atoms with Gasteiger partial charge in [0.1, 0.15) is 22.4 Å². The van der Waals surface area contributed by atoms with E-state index in [-0.39, 0.29) is 14.9 Å². The average molecular weight is 505 g/mol. The van der Waals surface area contributed by atoms with Crippen molar-refractivity contribution in [2.45, 2.75) is 22.8 Å². The van der Waals surface area contributed by atoms with Gasteiger partial charge in [0.05, 0.1) is 24.4 Å². The van der Waals surface area contributed by atoms with Crippen LogP contribution in [0.4, 0.5) is 17.6 Å². The van der Waals surface area contributed by atoms with Gasteiger partial charge in [-0.2, -0.15) is 17.5 Å². The van der Waals surface area contributed by atoms with Crippen molar-refractivity contribution in [3.63, 3.8) is 0 Å². The molecule has 1 fully saturated rings. The summed E-state index contributed by atoms with van der Waals surface area (Å²) in [7, 11) is -4.27. The van der Waals surface area contributed by atoms with Crippen LogP contribution in [0.2, 0.25) is 10.0 Å². The molecule has 1 aromatic heterocycles. The molecule has 0 aliphatic carbocycles. The van der Waals surface area contributed by atoms with Gasteiger partial charge in [0, 0.05) is 17.6 Å². The van der Waals surface area contributed by atoms with Gasteiger partial charge in [-0.1, -0.05) is 23.2 Å². The van der Waals surface area contributed by atoms with Gasteiger partial charge in [-0.25, -0.2) is 17.8 Å². The van der Waals surface area contributed by atoms with Crippen LogP contribution >= 0.6 is 23.2 Å². The van der Waals surface area contributed by atoms with Crippen LogP contribution in [0.25, 0.3) is 0 Å². The Labute approximate surface area is 183 Å². The van der Waals surface area contributed by atoms with Crippen molar-refractivity contribution in [2.24, 2.45) is 0 Å². The number of rotatable bonds is 5. The third kappa shape index (κ3) is 4.73. The molecular weight excluding hydrogens is 491 g/mol. The first-order chi connectivity index (χ1) is 14.3. The van der Waals surface area contributed by atoms with E-state index in [0.717, 1.165) is 10.4 Å². The summed E-state index contributed by atoms with van der Waals surface area (Å²) in [6.07, 6.45) is -5.89. The number of benzene rings is 1. The summed E-state index contributed by atoms with van der Waals surface area (Å²) in [6.45, 7) is -2.08. The summed E-state index contributed by atoms with van der Waals surface area (Å²) in [5.41, 5.74) is -3.89. The smallest absolute Gasteiger partial charge is 0.436 e. The highest BCUT2D eigenvalue weighted by atomic mass is 35.5. The summed E-state index contributed by atoms with van der Waals surface area (Å²) in [5.74, 6) is -2.21. The Morgan fingerprint density at radius 1 is 1.29 bits per heavy atom. The molecule has 2 heterocycles. The molecule has 2 N–H and O–H groups in total. The van der Waals surface area contributed by atoms with E-state index in [4.69, 9.17) is 27.9 Å². The molecule has 2 aromatic rings. The van der Waals surface area contributed by atoms with Crippen LogP contribution in [0, 0.1) is 5.82 Å². The summed E-state index contributed by atoms with van der Waals surface area (Å²) < 4.78 is 83.7. The molecule has 0 spiro atoms. The van der Waals surface area contributed by atoms with Crippen LogP contribution in [0.3, 0.4) is 0 Å². The third-order valence-corrected chi connectivity index (χ3v) is 7.10. The van der Waals surface area contributed by atoms with E-state index in [0.29, 0.717) is 12.3 Å². The topological polar surface area (TPSA) is 100.0 Å². The van der Waals surface area contributed by atoms with E-state index in [1.807, 2.05) is 0 Å². The molecule has 14 heteroatoms. The number of hydrogen-bond acceptors (Lipinski definition) is 6. The lowest BCUT2D eigenvalue weighted by atomic mass is 10.0. The van der Waals surface area contributed by atoms with E-state index in [1.54, 1.807) is 0 Å². The largest absolute Gasteiger partial charge is 0.484 e. The number of aliphatic hydroxyl groups excluding tert-OH is 1. The normalized spacial score (nSPS) is 22.6. The Balaban J connectivity index is 1.88. The highest BCUT2D eigenvalue weighted by Crippen LogP contribution is 2.35. The Bertz CT molecular complexity index is 1100. The maximum absolute atomic E-state index is 13.8. The van der Waals surface area contributed by atoms with E-state index in [1.165, 1.54) is 12.1 Å². The second-order valence-corrected chi connectivity index (χ2v) is 9.49. The first kappa shape index (κ1) is 24.0. The monoisotopic (exact) mass is 504 g/mol. The van der Waals surface area contributed by atoms with E-state index in [9.17, 15) is 36.2 Å². The molecule has 3 rings (SSSR count). The Morgan fingerprint density at radius 2 is 1.97 bits per heavy atom. The number of ether oxygens (including phenoxy) is 1. The summed E-state index contributed by atoms with van der Waals surface area (Å²) in [5, 5.41) is 20.2. The second-order valence-electron chi connectivity index (χ2n) is 6.74. The molecule has 0 unspecified atom stereocenters. The Hall–Kier alpha value is -1.70. The molecule has 1 saturated heterocycles. The van der Waals surface area contributed by atoms with Crippen molar-refractivity contribution in [3.05, 3.63) is 52.0 Å². The second kappa shape index (κ2) is 8.34. The predicted molar refractivity (Wildman–Crippen MR) is 101 cm³/mol. The minimum atomic E-state index is -5.02. The lowest BCUT2D eigenvalue weighted by Gasteiger charge is -2.27. The fourth-order valence-corrected chi connectivity index (χ4v) is 5.24. The van der Waals surface area contributed by atoms with E-state index < -0.39 is 64.9 Å². The Morgan fingerprint density at radius 3 is 2.52 bits per heavy atom. The minimum absolute atomic E-state index is 0.182. The van der Waals surface area contributed by atoms with Crippen LogP contribution in [0.5, 0.6) is 5.75 Å².